The average molecular weight is 388 g/mol. The predicted octanol–water partition coefficient (Wildman–Crippen LogP) is 4.77. The fourth-order valence-electron chi connectivity index (χ4n) is 4.96. The van der Waals surface area contributed by atoms with Crippen molar-refractivity contribution in [3.8, 4) is 0 Å². The van der Waals surface area contributed by atoms with Crippen LogP contribution in [0.5, 0.6) is 0 Å². The van der Waals surface area contributed by atoms with Gasteiger partial charge in [0.15, 0.2) is 0 Å². The molecule has 2 aliphatic rings. The molecule has 2 heterocycles. The van der Waals surface area contributed by atoms with Crippen molar-refractivity contribution in [1.82, 2.24) is 4.90 Å². The maximum Gasteiger partial charge on any atom is 0.257 e. The Morgan fingerprint density at radius 1 is 1.04 bits per heavy atom. The lowest BCUT2D eigenvalue weighted by Crippen LogP contribution is -2.49. The average Bonchev–Trinajstić information content (AvgIpc) is 3.14. The summed E-state index contributed by atoms with van der Waals surface area (Å²) in [6, 6.07) is 9.52. The molecule has 0 radical (unpaired) electrons. The number of rotatable bonds is 2. The highest BCUT2D eigenvalue weighted by Crippen LogP contribution is 2.47. The molecule has 0 aliphatic carbocycles. The van der Waals surface area contributed by atoms with Crippen molar-refractivity contribution in [2.75, 3.05) is 18.0 Å². The van der Waals surface area contributed by atoms with Gasteiger partial charge in [0.1, 0.15) is 17.5 Å². The van der Waals surface area contributed by atoms with Crippen LogP contribution >= 0.6 is 0 Å². The molecule has 3 nitrogen and oxygen atoms in total. The molecule has 2 saturated heterocycles. The van der Waals surface area contributed by atoms with Crippen LogP contribution < -0.4 is 4.90 Å². The number of carbonyl (C=O) groups is 1. The summed E-state index contributed by atoms with van der Waals surface area (Å²) in [4.78, 5) is 17.0. The zero-order valence-electron chi connectivity index (χ0n) is 16.0. The number of halogens is 3. The molecule has 0 saturated carbocycles. The third-order valence-electron chi connectivity index (χ3n) is 6.07. The fourth-order valence-corrected chi connectivity index (χ4v) is 4.96. The van der Waals surface area contributed by atoms with Crippen molar-refractivity contribution in [2.45, 2.75) is 44.2 Å². The van der Waals surface area contributed by atoms with E-state index >= 15 is 0 Å². The summed E-state index contributed by atoms with van der Waals surface area (Å²) in [5.41, 5.74) is -0.0787. The van der Waals surface area contributed by atoms with Crippen molar-refractivity contribution in [1.29, 1.82) is 0 Å². The molecule has 2 aromatic carbocycles. The van der Waals surface area contributed by atoms with Gasteiger partial charge in [0, 0.05) is 30.4 Å². The summed E-state index contributed by atoms with van der Waals surface area (Å²) in [6.07, 6.45) is 2.32. The number of hydrogen-bond donors (Lipinski definition) is 0. The smallest absolute Gasteiger partial charge is 0.257 e. The summed E-state index contributed by atoms with van der Waals surface area (Å²) in [5, 5.41) is 0. The number of hydrogen-bond acceptors (Lipinski definition) is 2. The van der Waals surface area contributed by atoms with Crippen LogP contribution in [0.2, 0.25) is 0 Å². The molecule has 0 aromatic heterocycles. The summed E-state index contributed by atoms with van der Waals surface area (Å²) in [7, 11) is 0. The van der Waals surface area contributed by atoms with Gasteiger partial charge < -0.3 is 9.80 Å². The van der Waals surface area contributed by atoms with Gasteiger partial charge >= 0.3 is 0 Å². The molecule has 1 spiro atoms. The first-order chi connectivity index (χ1) is 13.2. The van der Waals surface area contributed by atoms with Crippen molar-refractivity contribution in [3.63, 3.8) is 0 Å². The topological polar surface area (TPSA) is 23.6 Å². The minimum Gasteiger partial charge on any atom is -0.364 e. The van der Waals surface area contributed by atoms with E-state index in [9.17, 15) is 18.0 Å². The standard InChI is InChI=1S/C22H23F3N2O/c1-21(2)13-22(14-27(21)17-6-3-5-15(23)11-17)9-4-10-26(22)20(28)18-8-7-16(24)12-19(18)25/h3,5-8,11-12H,4,9-10,13-14H2,1-2H3. The minimum absolute atomic E-state index is 0.107. The fraction of sp³-hybridized carbons (Fsp3) is 0.409. The molecule has 4 rings (SSSR count). The Morgan fingerprint density at radius 3 is 2.50 bits per heavy atom. The lowest BCUT2D eigenvalue weighted by atomic mass is 9.87. The molecule has 148 valence electrons. The monoisotopic (exact) mass is 388 g/mol. The van der Waals surface area contributed by atoms with Crippen molar-refractivity contribution >= 4 is 11.6 Å². The molecule has 0 bridgehead atoms. The van der Waals surface area contributed by atoms with Gasteiger partial charge in [-0.05, 0) is 63.4 Å². The molecule has 28 heavy (non-hydrogen) atoms. The Balaban J connectivity index is 1.68. The maximum atomic E-state index is 14.2. The van der Waals surface area contributed by atoms with E-state index in [1.165, 1.54) is 18.2 Å². The normalized spacial score (nSPS) is 23.6. The molecule has 1 amide bonds. The van der Waals surface area contributed by atoms with Crippen LogP contribution in [0.15, 0.2) is 42.5 Å². The van der Waals surface area contributed by atoms with E-state index in [4.69, 9.17) is 0 Å². The predicted molar refractivity (Wildman–Crippen MR) is 102 cm³/mol. The largest absolute Gasteiger partial charge is 0.364 e. The summed E-state index contributed by atoms with van der Waals surface area (Å²) in [6.45, 7) is 5.24. The Bertz CT molecular complexity index is 930. The Kier molecular flexibility index (Phi) is 4.40. The van der Waals surface area contributed by atoms with E-state index in [0.29, 0.717) is 19.5 Å². The molecule has 2 aliphatic heterocycles. The Hall–Kier alpha value is -2.50. The highest BCUT2D eigenvalue weighted by molar-refractivity contribution is 5.95. The summed E-state index contributed by atoms with van der Waals surface area (Å²) >= 11 is 0. The summed E-state index contributed by atoms with van der Waals surface area (Å²) < 4.78 is 41.3. The van der Waals surface area contributed by atoms with Gasteiger partial charge in [0.05, 0.1) is 11.1 Å². The molecule has 1 unspecified atom stereocenters. The highest BCUT2D eigenvalue weighted by atomic mass is 19.1. The number of nitrogens with zero attached hydrogens (tertiary/aromatic N) is 2. The van der Waals surface area contributed by atoms with Crippen LogP contribution in [0.1, 0.15) is 43.5 Å². The lowest BCUT2D eigenvalue weighted by molar-refractivity contribution is 0.0612. The van der Waals surface area contributed by atoms with Crippen molar-refractivity contribution < 1.29 is 18.0 Å². The van der Waals surface area contributed by atoms with Gasteiger partial charge in [-0.25, -0.2) is 13.2 Å². The Labute approximate surface area is 162 Å². The van der Waals surface area contributed by atoms with Gasteiger partial charge in [0.25, 0.3) is 5.91 Å². The molecule has 0 N–H and O–H groups in total. The SMILES string of the molecule is CC1(C)CC2(CCCN2C(=O)c2ccc(F)cc2F)CN1c1cccc(F)c1. The Morgan fingerprint density at radius 2 is 1.79 bits per heavy atom. The van der Waals surface area contributed by atoms with E-state index in [1.807, 2.05) is 6.07 Å². The zero-order valence-corrected chi connectivity index (χ0v) is 16.0. The van der Waals surface area contributed by atoms with Crippen LogP contribution in [0, 0.1) is 17.5 Å². The van der Waals surface area contributed by atoms with Gasteiger partial charge in [0.2, 0.25) is 0 Å². The van der Waals surface area contributed by atoms with Gasteiger partial charge in [-0.2, -0.15) is 0 Å². The van der Waals surface area contributed by atoms with Gasteiger partial charge in [-0.3, -0.25) is 4.79 Å². The van der Waals surface area contributed by atoms with Crippen LogP contribution in [-0.4, -0.2) is 35.0 Å². The van der Waals surface area contributed by atoms with Crippen molar-refractivity contribution in [3.05, 3.63) is 65.5 Å². The van der Waals surface area contributed by atoms with Crippen LogP contribution in [-0.2, 0) is 0 Å². The molecular weight excluding hydrogens is 365 g/mol. The number of carbonyl (C=O) groups excluding carboxylic acids is 1. The second-order valence-electron chi connectivity index (χ2n) is 8.46. The first kappa shape index (κ1) is 18.8. The molecule has 1 atom stereocenters. The minimum atomic E-state index is -0.841. The number of anilines is 1. The number of benzene rings is 2. The van der Waals surface area contributed by atoms with E-state index in [0.717, 1.165) is 30.7 Å². The molecule has 2 aromatic rings. The van der Waals surface area contributed by atoms with E-state index in [2.05, 4.69) is 18.7 Å². The van der Waals surface area contributed by atoms with E-state index in [-0.39, 0.29) is 16.9 Å². The summed E-state index contributed by atoms with van der Waals surface area (Å²) in [5.74, 6) is -2.26. The van der Waals surface area contributed by atoms with E-state index < -0.39 is 23.1 Å². The van der Waals surface area contributed by atoms with Crippen molar-refractivity contribution in [2.24, 2.45) is 0 Å². The number of amides is 1. The number of likely N-dealkylation sites (tertiary alicyclic amines) is 1. The maximum absolute atomic E-state index is 14.2. The zero-order chi connectivity index (χ0) is 20.1. The molecular formula is C22H23F3N2O. The van der Waals surface area contributed by atoms with Gasteiger partial charge in [-0.15, -0.1) is 0 Å². The molecule has 6 heteroatoms. The van der Waals surface area contributed by atoms with Crippen LogP contribution in [0.25, 0.3) is 0 Å². The van der Waals surface area contributed by atoms with Crippen LogP contribution in [0.3, 0.4) is 0 Å². The second-order valence-corrected chi connectivity index (χ2v) is 8.46. The third-order valence-corrected chi connectivity index (χ3v) is 6.07. The third kappa shape index (κ3) is 3.05. The highest BCUT2D eigenvalue weighted by Gasteiger charge is 2.55. The first-order valence-electron chi connectivity index (χ1n) is 9.52. The van der Waals surface area contributed by atoms with E-state index in [1.54, 1.807) is 11.0 Å². The van der Waals surface area contributed by atoms with Gasteiger partial charge in [-0.1, -0.05) is 6.07 Å². The molecule has 2 fully saturated rings. The van der Waals surface area contributed by atoms with Crippen LogP contribution in [0.4, 0.5) is 18.9 Å². The second kappa shape index (κ2) is 6.54. The first-order valence-corrected chi connectivity index (χ1v) is 9.52. The lowest BCUT2D eigenvalue weighted by Gasteiger charge is -2.35. The quantitative estimate of drug-likeness (QED) is 0.740.